The Hall–Kier alpha value is -2.90. The lowest BCUT2D eigenvalue weighted by molar-refractivity contribution is -0.148. The molecule has 1 aliphatic rings. The third-order valence-corrected chi connectivity index (χ3v) is 4.87. The zero-order valence-corrected chi connectivity index (χ0v) is 14.4. The highest BCUT2D eigenvalue weighted by molar-refractivity contribution is 5.81. The van der Waals surface area contributed by atoms with Crippen LogP contribution in [0.1, 0.15) is 30.3 Å². The van der Waals surface area contributed by atoms with Crippen LogP contribution in [0.25, 0.3) is 11.0 Å². The van der Waals surface area contributed by atoms with Crippen molar-refractivity contribution in [2.24, 2.45) is 0 Å². The van der Waals surface area contributed by atoms with Crippen molar-refractivity contribution in [2.45, 2.75) is 31.6 Å². The van der Waals surface area contributed by atoms with E-state index in [1.807, 2.05) is 12.1 Å². The van der Waals surface area contributed by atoms with Gasteiger partial charge in [0, 0.05) is 18.9 Å². The second kappa shape index (κ2) is 6.68. The van der Waals surface area contributed by atoms with Gasteiger partial charge in [0.05, 0.1) is 17.1 Å². The van der Waals surface area contributed by atoms with Crippen molar-refractivity contribution < 1.29 is 18.0 Å². The molecule has 0 saturated carbocycles. The maximum Gasteiger partial charge on any atom is 0.449 e. The summed E-state index contributed by atoms with van der Waals surface area (Å²) in [5, 5.41) is 0. The molecule has 8 heteroatoms. The molecule has 1 atom stereocenters. The number of alkyl halides is 3. The number of para-hydroxylation sites is 2. The van der Waals surface area contributed by atoms with Gasteiger partial charge in [-0.15, -0.1) is 0 Å². The van der Waals surface area contributed by atoms with Crippen molar-refractivity contribution in [3.8, 4) is 0 Å². The number of likely N-dealkylation sites (tertiary alicyclic amines) is 1. The Morgan fingerprint density at radius 1 is 1.15 bits per heavy atom. The smallest absolute Gasteiger partial charge is 0.334 e. The fraction of sp³-hybridized carbons (Fsp3) is 0.316. The molecule has 1 aliphatic heterocycles. The Balaban J connectivity index is 1.67. The van der Waals surface area contributed by atoms with E-state index in [0.717, 1.165) is 23.0 Å². The number of pyridine rings is 1. The lowest BCUT2D eigenvalue weighted by atomic mass is 10.1. The van der Waals surface area contributed by atoms with Gasteiger partial charge in [0.15, 0.2) is 0 Å². The van der Waals surface area contributed by atoms with Gasteiger partial charge in [-0.3, -0.25) is 9.78 Å². The average molecular weight is 374 g/mol. The van der Waals surface area contributed by atoms with Gasteiger partial charge in [-0.05, 0) is 42.7 Å². The summed E-state index contributed by atoms with van der Waals surface area (Å²) in [6.45, 7) is 0.136. The first-order chi connectivity index (χ1) is 12.9. The van der Waals surface area contributed by atoms with Crippen molar-refractivity contribution in [2.75, 3.05) is 6.54 Å². The largest absolute Gasteiger partial charge is 0.449 e. The number of halogens is 3. The zero-order chi connectivity index (χ0) is 19.0. The van der Waals surface area contributed by atoms with E-state index in [0.29, 0.717) is 12.1 Å². The van der Waals surface area contributed by atoms with E-state index in [4.69, 9.17) is 0 Å². The lowest BCUT2D eigenvalue weighted by Gasteiger charge is -2.25. The van der Waals surface area contributed by atoms with Gasteiger partial charge in [-0.25, -0.2) is 4.98 Å². The summed E-state index contributed by atoms with van der Waals surface area (Å²) < 4.78 is 41.3. The van der Waals surface area contributed by atoms with Crippen molar-refractivity contribution >= 4 is 16.9 Å². The van der Waals surface area contributed by atoms with E-state index in [1.54, 1.807) is 35.5 Å². The highest BCUT2D eigenvalue weighted by atomic mass is 19.4. The van der Waals surface area contributed by atoms with Crippen LogP contribution >= 0.6 is 0 Å². The number of hydrogen-bond donors (Lipinski definition) is 0. The molecule has 0 N–H and O–H groups in total. The number of hydrogen-bond acceptors (Lipinski definition) is 3. The number of benzene rings is 1. The van der Waals surface area contributed by atoms with Crippen LogP contribution in [0, 0.1) is 0 Å². The van der Waals surface area contributed by atoms with E-state index in [2.05, 4.69) is 9.97 Å². The first kappa shape index (κ1) is 17.5. The normalized spacial score (nSPS) is 17.6. The molecule has 2 aromatic heterocycles. The standard InChI is InChI=1S/C19H17F3N4O/c20-19(21,22)18-24-14-4-1-2-5-16(14)26(18)12-17(27)25-11-3-6-15(25)13-7-9-23-10-8-13/h1-2,4-5,7-10,15H,3,6,11-12H2/t15-/m0/s1. The monoisotopic (exact) mass is 374 g/mol. The number of carbonyl (C=O) groups excluding carboxylic acids is 1. The van der Waals surface area contributed by atoms with Gasteiger partial charge >= 0.3 is 6.18 Å². The van der Waals surface area contributed by atoms with Crippen LogP contribution in [0.15, 0.2) is 48.8 Å². The van der Waals surface area contributed by atoms with Crippen molar-refractivity contribution in [1.29, 1.82) is 0 Å². The third kappa shape index (κ3) is 3.27. The summed E-state index contributed by atoms with van der Waals surface area (Å²) in [5.74, 6) is -1.39. The summed E-state index contributed by atoms with van der Waals surface area (Å²) in [6.07, 6.45) is 0.278. The second-order valence-electron chi connectivity index (χ2n) is 6.53. The molecule has 1 amide bonds. The highest BCUT2D eigenvalue weighted by Gasteiger charge is 2.39. The lowest BCUT2D eigenvalue weighted by Crippen LogP contribution is -2.34. The summed E-state index contributed by atoms with van der Waals surface area (Å²) in [5.41, 5.74) is 1.48. The van der Waals surface area contributed by atoms with Gasteiger partial charge in [0.25, 0.3) is 0 Å². The van der Waals surface area contributed by atoms with Gasteiger partial charge in [0.2, 0.25) is 11.7 Å². The predicted octanol–water partition coefficient (Wildman–Crippen LogP) is 3.81. The number of amides is 1. The number of fused-ring (bicyclic) bond motifs is 1. The molecule has 1 saturated heterocycles. The van der Waals surface area contributed by atoms with E-state index < -0.39 is 18.5 Å². The van der Waals surface area contributed by atoms with Crippen LogP contribution < -0.4 is 0 Å². The van der Waals surface area contributed by atoms with Gasteiger partial charge in [-0.2, -0.15) is 13.2 Å². The van der Waals surface area contributed by atoms with Gasteiger partial charge in [0.1, 0.15) is 6.54 Å². The predicted molar refractivity (Wildman–Crippen MR) is 92.7 cm³/mol. The molecule has 1 aromatic carbocycles. The highest BCUT2D eigenvalue weighted by Crippen LogP contribution is 2.34. The minimum absolute atomic E-state index is 0.135. The Morgan fingerprint density at radius 3 is 2.63 bits per heavy atom. The van der Waals surface area contributed by atoms with Gasteiger partial charge in [-0.1, -0.05) is 12.1 Å². The van der Waals surface area contributed by atoms with Crippen LogP contribution in [0.2, 0.25) is 0 Å². The minimum atomic E-state index is -4.63. The Labute approximate surface area is 153 Å². The first-order valence-corrected chi connectivity index (χ1v) is 8.67. The van der Waals surface area contributed by atoms with Crippen LogP contribution in [-0.4, -0.2) is 31.9 Å². The number of imidazole rings is 1. The Morgan fingerprint density at radius 2 is 1.89 bits per heavy atom. The summed E-state index contributed by atoms with van der Waals surface area (Å²) in [6, 6.07) is 9.87. The summed E-state index contributed by atoms with van der Waals surface area (Å²) >= 11 is 0. The fourth-order valence-corrected chi connectivity index (χ4v) is 3.68. The van der Waals surface area contributed by atoms with Crippen LogP contribution in [0.5, 0.6) is 0 Å². The molecule has 3 heterocycles. The molecule has 5 nitrogen and oxygen atoms in total. The fourth-order valence-electron chi connectivity index (χ4n) is 3.68. The molecule has 0 aliphatic carbocycles. The second-order valence-corrected chi connectivity index (χ2v) is 6.53. The van der Waals surface area contributed by atoms with Crippen molar-refractivity contribution in [3.05, 3.63) is 60.2 Å². The molecule has 27 heavy (non-hydrogen) atoms. The molecule has 0 radical (unpaired) electrons. The number of aromatic nitrogens is 3. The van der Waals surface area contributed by atoms with E-state index >= 15 is 0 Å². The van der Waals surface area contributed by atoms with Crippen LogP contribution in [-0.2, 0) is 17.5 Å². The number of carbonyl (C=O) groups is 1. The van der Waals surface area contributed by atoms with E-state index in [-0.39, 0.29) is 17.5 Å². The molecule has 0 spiro atoms. The SMILES string of the molecule is O=C(Cn1c(C(F)(F)F)nc2ccccc21)N1CCC[C@H]1c1ccncc1. The Kier molecular flexibility index (Phi) is 4.33. The van der Waals surface area contributed by atoms with Crippen LogP contribution in [0.3, 0.4) is 0 Å². The average Bonchev–Trinajstić information content (AvgIpc) is 3.27. The topological polar surface area (TPSA) is 51.0 Å². The van der Waals surface area contributed by atoms with E-state index in [9.17, 15) is 18.0 Å². The Bertz CT molecular complexity index is 968. The third-order valence-electron chi connectivity index (χ3n) is 4.87. The molecular formula is C19H17F3N4O. The van der Waals surface area contributed by atoms with Crippen molar-refractivity contribution in [1.82, 2.24) is 19.4 Å². The maximum atomic E-state index is 13.4. The molecule has 1 fully saturated rings. The molecule has 0 unspecified atom stereocenters. The minimum Gasteiger partial charge on any atom is -0.334 e. The zero-order valence-electron chi connectivity index (χ0n) is 14.4. The number of nitrogens with zero attached hydrogens (tertiary/aromatic N) is 4. The van der Waals surface area contributed by atoms with Crippen molar-refractivity contribution in [3.63, 3.8) is 0 Å². The number of rotatable bonds is 3. The summed E-state index contributed by atoms with van der Waals surface area (Å²) in [4.78, 5) is 22.2. The molecular weight excluding hydrogens is 357 g/mol. The summed E-state index contributed by atoms with van der Waals surface area (Å²) in [7, 11) is 0. The quantitative estimate of drug-likeness (QED) is 0.700. The first-order valence-electron chi connectivity index (χ1n) is 8.67. The van der Waals surface area contributed by atoms with Crippen LogP contribution in [0.4, 0.5) is 13.2 Å². The molecule has 140 valence electrons. The van der Waals surface area contributed by atoms with E-state index in [1.165, 1.54) is 6.07 Å². The van der Waals surface area contributed by atoms with Gasteiger partial charge < -0.3 is 9.47 Å². The molecule has 4 rings (SSSR count). The maximum absolute atomic E-state index is 13.4. The molecule has 0 bridgehead atoms. The molecule has 3 aromatic rings.